The predicted octanol–water partition coefficient (Wildman–Crippen LogP) is 4.37. The van der Waals surface area contributed by atoms with Gasteiger partial charge < -0.3 is 5.32 Å². The molecule has 0 spiro atoms. The van der Waals surface area contributed by atoms with Gasteiger partial charge in [-0.2, -0.15) is 0 Å². The number of carbonyl (C=O) groups excluding carboxylic acids is 2. The van der Waals surface area contributed by atoms with Gasteiger partial charge in [-0.1, -0.05) is 34.1 Å². The van der Waals surface area contributed by atoms with Crippen LogP contribution in [0.1, 0.15) is 20.7 Å². The first-order valence-electron chi connectivity index (χ1n) is 7.34. The number of benzene rings is 2. The summed E-state index contributed by atoms with van der Waals surface area (Å²) < 4.78 is 0.939. The van der Waals surface area contributed by atoms with Crippen molar-refractivity contribution in [3.05, 3.63) is 82.1 Å². The highest BCUT2D eigenvalue weighted by Crippen LogP contribution is 2.28. The van der Waals surface area contributed by atoms with Crippen LogP contribution in [-0.2, 0) is 0 Å². The maximum Gasteiger partial charge on any atom is 0.211 e. The number of rotatable bonds is 2. The average Bonchev–Trinajstić information content (AvgIpc) is 2.60. The molecule has 24 heavy (non-hydrogen) atoms. The van der Waals surface area contributed by atoms with Crippen molar-refractivity contribution >= 4 is 44.1 Å². The molecule has 0 atom stereocenters. The van der Waals surface area contributed by atoms with E-state index in [1.165, 1.54) is 12.3 Å². The van der Waals surface area contributed by atoms with Crippen LogP contribution in [0, 0.1) is 0 Å². The number of pyridine rings is 1. The van der Waals surface area contributed by atoms with E-state index in [2.05, 4.69) is 26.2 Å². The van der Waals surface area contributed by atoms with Gasteiger partial charge in [0.25, 0.3) is 0 Å². The Kier molecular flexibility index (Phi) is 3.50. The molecule has 0 saturated heterocycles. The third kappa shape index (κ3) is 2.43. The summed E-state index contributed by atoms with van der Waals surface area (Å²) in [6.07, 6.45) is 2.84. The maximum atomic E-state index is 12.7. The lowest BCUT2D eigenvalue weighted by Gasteiger charge is -2.17. The molecule has 5 heteroatoms. The molecule has 1 N–H and O–H groups in total. The van der Waals surface area contributed by atoms with Gasteiger partial charge in [0.2, 0.25) is 5.78 Å². The summed E-state index contributed by atoms with van der Waals surface area (Å²) in [7, 11) is 0. The Labute approximate surface area is 146 Å². The number of nitrogens with one attached hydrogen (secondary N) is 1. The minimum absolute atomic E-state index is 0.192. The van der Waals surface area contributed by atoms with Crippen molar-refractivity contribution in [1.82, 2.24) is 4.98 Å². The van der Waals surface area contributed by atoms with E-state index in [9.17, 15) is 9.59 Å². The quantitative estimate of drug-likeness (QED) is 0.718. The lowest BCUT2D eigenvalue weighted by atomic mass is 9.91. The fourth-order valence-electron chi connectivity index (χ4n) is 2.77. The Balaban J connectivity index is 1.78. The number of halogens is 1. The topological polar surface area (TPSA) is 59.1 Å². The van der Waals surface area contributed by atoms with Crippen molar-refractivity contribution in [2.45, 2.75) is 0 Å². The zero-order valence-electron chi connectivity index (χ0n) is 12.4. The molecular formula is C19H11BrN2O2. The van der Waals surface area contributed by atoms with E-state index in [1.54, 1.807) is 0 Å². The number of anilines is 1. The highest BCUT2D eigenvalue weighted by atomic mass is 79.9. The standard InChI is InChI=1S/C19H11BrN2O2/c20-11-5-7-12(8-6-11)22-16-9-17(23)18-13-3-1-2-4-15(13)21-10-14(18)19(16)24/h1-10,22H. The number of hydrogen-bond acceptors (Lipinski definition) is 4. The number of nitrogens with zero attached hydrogens (tertiary/aromatic N) is 1. The fraction of sp³-hybridized carbons (Fsp3) is 0. The number of aromatic nitrogens is 1. The SMILES string of the molecule is O=C1C(Nc2ccc(Br)cc2)=CC(=O)c2c1cnc1ccccc21. The molecule has 0 saturated carbocycles. The Bertz CT molecular complexity index is 1020. The Morgan fingerprint density at radius 2 is 1.71 bits per heavy atom. The molecule has 4 rings (SSSR count). The summed E-state index contributed by atoms with van der Waals surface area (Å²) in [5.74, 6) is -0.423. The van der Waals surface area contributed by atoms with E-state index in [-0.39, 0.29) is 17.3 Å². The smallest absolute Gasteiger partial charge is 0.211 e. The maximum absolute atomic E-state index is 12.7. The van der Waals surface area contributed by atoms with Gasteiger partial charge in [0, 0.05) is 33.4 Å². The summed E-state index contributed by atoms with van der Waals surface area (Å²) in [5.41, 5.74) is 2.46. The minimum atomic E-state index is -0.231. The van der Waals surface area contributed by atoms with Crippen LogP contribution in [0.5, 0.6) is 0 Å². The zero-order chi connectivity index (χ0) is 16.7. The first kappa shape index (κ1) is 14.8. The van der Waals surface area contributed by atoms with E-state index >= 15 is 0 Å². The Hall–Kier alpha value is -2.79. The molecule has 0 fully saturated rings. The van der Waals surface area contributed by atoms with E-state index in [4.69, 9.17) is 0 Å². The summed E-state index contributed by atoms with van der Waals surface area (Å²) in [6.45, 7) is 0. The summed E-state index contributed by atoms with van der Waals surface area (Å²) in [6, 6.07) is 14.7. The molecule has 1 aliphatic carbocycles. The van der Waals surface area contributed by atoms with Crippen molar-refractivity contribution in [2.24, 2.45) is 0 Å². The number of para-hydroxylation sites is 1. The van der Waals surface area contributed by atoms with Crippen LogP contribution in [0.2, 0.25) is 0 Å². The minimum Gasteiger partial charge on any atom is -0.352 e. The fourth-order valence-corrected chi connectivity index (χ4v) is 3.04. The molecule has 1 aliphatic rings. The van der Waals surface area contributed by atoms with E-state index in [1.807, 2.05) is 48.5 Å². The van der Waals surface area contributed by atoms with Gasteiger partial charge in [0.15, 0.2) is 5.78 Å². The lowest BCUT2D eigenvalue weighted by molar-refractivity contribution is 0.0986. The van der Waals surface area contributed by atoms with Gasteiger partial charge in [-0.15, -0.1) is 0 Å². The molecule has 1 aromatic heterocycles. The van der Waals surface area contributed by atoms with Crippen molar-refractivity contribution in [1.29, 1.82) is 0 Å². The van der Waals surface area contributed by atoms with Crippen LogP contribution in [0.15, 0.2) is 71.0 Å². The molecule has 0 bridgehead atoms. The zero-order valence-corrected chi connectivity index (χ0v) is 14.0. The third-order valence-corrected chi connectivity index (χ3v) is 4.44. The van der Waals surface area contributed by atoms with Gasteiger partial charge in [-0.3, -0.25) is 14.6 Å². The highest BCUT2D eigenvalue weighted by molar-refractivity contribution is 9.10. The van der Waals surface area contributed by atoms with E-state index in [0.29, 0.717) is 22.0 Å². The van der Waals surface area contributed by atoms with Gasteiger partial charge >= 0.3 is 0 Å². The van der Waals surface area contributed by atoms with Crippen LogP contribution in [0.25, 0.3) is 10.9 Å². The summed E-state index contributed by atoms with van der Waals surface area (Å²) in [4.78, 5) is 29.6. The molecule has 0 radical (unpaired) electrons. The Morgan fingerprint density at radius 3 is 2.50 bits per heavy atom. The Morgan fingerprint density at radius 1 is 0.958 bits per heavy atom. The molecule has 0 aliphatic heterocycles. The lowest BCUT2D eigenvalue weighted by Crippen LogP contribution is -2.22. The van der Waals surface area contributed by atoms with Gasteiger partial charge in [-0.25, -0.2) is 0 Å². The highest BCUT2D eigenvalue weighted by Gasteiger charge is 2.28. The molecule has 3 aromatic rings. The van der Waals surface area contributed by atoms with Crippen LogP contribution in [-0.4, -0.2) is 16.6 Å². The molecule has 4 nitrogen and oxygen atoms in total. The first-order valence-corrected chi connectivity index (χ1v) is 8.14. The number of Topliss-reactive ketones (excluding diaryl/α,β-unsaturated/α-hetero) is 1. The van der Waals surface area contributed by atoms with E-state index in [0.717, 1.165) is 10.2 Å². The van der Waals surface area contributed by atoms with Crippen LogP contribution >= 0.6 is 15.9 Å². The first-order chi connectivity index (χ1) is 11.6. The predicted molar refractivity (Wildman–Crippen MR) is 96.3 cm³/mol. The van der Waals surface area contributed by atoms with Crippen LogP contribution in [0.4, 0.5) is 5.69 Å². The number of ketones is 2. The summed E-state index contributed by atoms with van der Waals surface area (Å²) in [5, 5.41) is 3.72. The number of fused-ring (bicyclic) bond motifs is 3. The third-order valence-electron chi connectivity index (χ3n) is 3.91. The monoisotopic (exact) mass is 378 g/mol. The van der Waals surface area contributed by atoms with Crippen molar-refractivity contribution in [3.8, 4) is 0 Å². The van der Waals surface area contributed by atoms with Gasteiger partial charge in [-0.05, 0) is 30.3 Å². The van der Waals surface area contributed by atoms with E-state index < -0.39 is 0 Å². The number of carbonyl (C=O) groups is 2. The largest absolute Gasteiger partial charge is 0.352 e. The second kappa shape index (κ2) is 5.69. The molecule has 0 amide bonds. The van der Waals surface area contributed by atoms with Crippen molar-refractivity contribution in [3.63, 3.8) is 0 Å². The molecule has 2 aromatic carbocycles. The van der Waals surface area contributed by atoms with Gasteiger partial charge in [0.05, 0.1) is 16.8 Å². The molecule has 0 unspecified atom stereocenters. The number of allylic oxidation sites excluding steroid dienone is 2. The van der Waals surface area contributed by atoms with Crippen molar-refractivity contribution in [2.75, 3.05) is 5.32 Å². The second-order valence-corrected chi connectivity index (χ2v) is 6.36. The summed E-state index contributed by atoms with van der Waals surface area (Å²) >= 11 is 3.36. The van der Waals surface area contributed by atoms with Crippen LogP contribution < -0.4 is 5.32 Å². The number of hydrogen-bond donors (Lipinski definition) is 1. The van der Waals surface area contributed by atoms with Gasteiger partial charge in [0.1, 0.15) is 0 Å². The molecular weight excluding hydrogens is 368 g/mol. The normalized spacial score (nSPS) is 13.6. The molecule has 1 heterocycles. The second-order valence-electron chi connectivity index (χ2n) is 5.45. The molecule has 116 valence electrons. The average molecular weight is 379 g/mol. The van der Waals surface area contributed by atoms with Crippen LogP contribution in [0.3, 0.4) is 0 Å². The van der Waals surface area contributed by atoms with Crippen molar-refractivity contribution < 1.29 is 9.59 Å².